The number of hydrogen-bond acceptors (Lipinski definition) is 3. The van der Waals surface area contributed by atoms with Crippen LogP contribution in [0.25, 0.3) is 0 Å². The van der Waals surface area contributed by atoms with E-state index in [0.29, 0.717) is 0 Å². The van der Waals surface area contributed by atoms with Crippen molar-refractivity contribution in [3.8, 4) is 0 Å². The van der Waals surface area contributed by atoms with Gasteiger partial charge in [-0.05, 0) is 31.2 Å². The molecule has 0 radical (unpaired) electrons. The summed E-state index contributed by atoms with van der Waals surface area (Å²) in [6, 6.07) is 10.3. The number of carbonyl (C=O) groups excluding carboxylic acids is 1. The Bertz CT molecular complexity index is 515. The molecule has 1 aromatic carbocycles. The normalized spacial score (nSPS) is 20.6. The van der Waals surface area contributed by atoms with E-state index in [9.17, 15) is 4.79 Å². The number of nitrogens with zero attached hydrogens (tertiary/aromatic N) is 1. The van der Waals surface area contributed by atoms with Gasteiger partial charge in [0.25, 0.3) is 0 Å². The van der Waals surface area contributed by atoms with Crippen molar-refractivity contribution in [2.75, 3.05) is 7.05 Å². The first-order valence-corrected chi connectivity index (χ1v) is 7.40. The lowest BCUT2D eigenvalue weighted by Crippen LogP contribution is -2.40. The van der Waals surface area contributed by atoms with E-state index in [0.717, 1.165) is 37.9 Å². The Labute approximate surface area is 120 Å². The summed E-state index contributed by atoms with van der Waals surface area (Å²) in [4.78, 5) is 13.9. The summed E-state index contributed by atoms with van der Waals surface area (Å²) in [7, 11) is 2.05. The van der Waals surface area contributed by atoms with E-state index in [2.05, 4.69) is 24.1 Å². The third-order valence-corrected chi connectivity index (χ3v) is 4.35. The standard InChI is InChI=1S/C17H21NO2/c1-18(13-14-8-4-2-5-9-14)15-12-16(19)20-17(15)10-6-3-7-11-17/h2,4-5,8-9,12H,3,6-7,10-11,13H2,1H3. The van der Waals surface area contributed by atoms with Crippen LogP contribution in [0.3, 0.4) is 0 Å². The van der Waals surface area contributed by atoms with Crippen LogP contribution in [0, 0.1) is 0 Å². The zero-order chi connectivity index (χ0) is 14.0. The molecule has 3 nitrogen and oxygen atoms in total. The Morgan fingerprint density at radius 1 is 1.15 bits per heavy atom. The number of carbonyl (C=O) groups is 1. The predicted octanol–water partition coefficient (Wildman–Crippen LogP) is 3.26. The van der Waals surface area contributed by atoms with Gasteiger partial charge in [-0.15, -0.1) is 0 Å². The van der Waals surface area contributed by atoms with E-state index < -0.39 is 0 Å². The quantitative estimate of drug-likeness (QED) is 0.790. The average molecular weight is 271 g/mol. The number of likely N-dealkylation sites (N-methyl/N-ethyl adjacent to an activating group) is 1. The van der Waals surface area contributed by atoms with Crippen LogP contribution in [0.1, 0.15) is 37.7 Å². The van der Waals surface area contributed by atoms with Crippen molar-refractivity contribution >= 4 is 5.97 Å². The fraction of sp³-hybridized carbons (Fsp3) is 0.471. The van der Waals surface area contributed by atoms with E-state index in [1.54, 1.807) is 6.08 Å². The SMILES string of the molecule is CN(Cc1ccccc1)C1=CC(=O)OC12CCCCC2. The average Bonchev–Trinajstić information content (AvgIpc) is 2.77. The van der Waals surface area contributed by atoms with E-state index in [-0.39, 0.29) is 11.6 Å². The van der Waals surface area contributed by atoms with Gasteiger partial charge in [0.2, 0.25) is 0 Å². The van der Waals surface area contributed by atoms with Gasteiger partial charge < -0.3 is 9.64 Å². The smallest absolute Gasteiger partial charge is 0.333 e. The van der Waals surface area contributed by atoms with Gasteiger partial charge in [-0.25, -0.2) is 4.79 Å². The van der Waals surface area contributed by atoms with Crippen molar-refractivity contribution in [3.05, 3.63) is 47.7 Å². The summed E-state index contributed by atoms with van der Waals surface area (Å²) in [5, 5.41) is 0. The summed E-state index contributed by atoms with van der Waals surface area (Å²) in [6.07, 6.45) is 7.14. The first-order valence-electron chi connectivity index (χ1n) is 7.40. The van der Waals surface area contributed by atoms with E-state index >= 15 is 0 Å². The van der Waals surface area contributed by atoms with Gasteiger partial charge in [0.1, 0.15) is 0 Å². The van der Waals surface area contributed by atoms with E-state index in [4.69, 9.17) is 4.74 Å². The predicted molar refractivity (Wildman–Crippen MR) is 77.9 cm³/mol. The Hall–Kier alpha value is -1.77. The Morgan fingerprint density at radius 3 is 2.55 bits per heavy atom. The first kappa shape index (κ1) is 13.2. The molecule has 0 unspecified atom stereocenters. The molecule has 1 aliphatic heterocycles. The molecule has 106 valence electrons. The van der Waals surface area contributed by atoms with Crippen molar-refractivity contribution in [2.45, 2.75) is 44.2 Å². The van der Waals surface area contributed by atoms with Gasteiger partial charge in [-0.1, -0.05) is 36.8 Å². The molecular formula is C17H21NO2. The van der Waals surface area contributed by atoms with Gasteiger partial charge in [0.05, 0.1) is 5.70 Å². The van der Waals surface area contributed by atoms with Crippen LogP contribution in [0.5, 0.6) is 0 Å². The van der Waals surface area contributed by atoms with Crippen LogP contribution >= 0.6 is 0 Å². The molecule has 0 aromatic heterocycles. The van der Waals surface area contributed by atoms with Crippen LogP contribution in [-0.2, 0) is 16.1 Å². The zero-order valence-electron chi connectivity index (χ0n) is 12.0. The molecule has 1 saturated carbocycles. The van der Waals surface area contributed by atoms with Crippen LogP contribution in [-0.4, -0.2) is 23.5 Å². The summed E-state index contributed by atoms with van der Waals surface area (Å²) in [5.41, 5.74) is 1.96. The fourth-order valence-electron chi connectivity index (χ4n) is 3.40. The second-order valence-electron chi connectivity index (χ2n) is 5.85. The molecule has 1 fully saturated rings. The maximum absolute atomic E-state index is 11.8. The van der Waals surface area contributed by atoms with Crippen molar-refractivity contribution < 1.29 is 9.53 Å². The van der Waals surface area contributed by atoms with Crippen molar-refractivity contribution in [1.82, 2.24) is 4.90 Å². The summed E-state index contributed by atoms with van der Waals surface area (Å²) < 4.78 is 5.69. The molecule has 0 bridgehead atoms. The molecule has 1 spiro atoms. The zero-order valence-corrected chi connectivity index (χ0v) is 12.0. The number of esters is 1. The molecule has 1 heterocycles. The highest BCUT2D eigenvalue weighted by molar-refractivity contribution is 5.86. The molecule has 20 heavy (non-hydrogen) atoms. The summed E-state index contributed by atoms with van der Waals surface area (Å²) in [5.74, 6) is -0.179. The number of hydrogen-bond donors (Lipinski definition) is 0. The van der Waals surface area contributed by atoms with E-state index in [1.165, 1.54) is 12.0 Å². The molecule has 0 amide bonds. The van der Waals surface area contributed by atoms with Gasteiger partial charge >= 0.3 is 5.97 Å². The Morgan fingerprint density at radius 2 is 1.85 bits per heavy atom. The lowest BCUT2D eigenvalue weighted by molar-refractivity contribution is -0.149. The second-order valence-corrected chi connectivity index (χ2v) is 5.85. The Balaban J connectivity index is 1.80. The maximum atomic E-state index is 11.8. The molecule has 0 N–H and O–H groups in total. The molecule has 3 heteroatoms. The molecule has 2 aliphatic rings. The fourth-order valence-corrected chi connectivity index (χ4v) is 3.40. The monoisotopic (exact) mass is 271 g/mol. The van der Waals surface area contributed by atoms with Gasteiger partial charge in [0.15, 0.2) is 5.60 Å². The molecule has 0 saturated heterocycles. The highest BCUT2D eigenvalue weighted by atomic mass is 16.6. The number of rotatable bonds is 3. The largest absolute Gasteiger partial charge is 0.449 e. The van der Waals surface area contributed by atoms with Crippen molar-refractivity contribution in [2.24, 2.45) is 0 Å². The lowest BCUT2D eigenvalue weighted by atomic mass is 9.82. The highest BCUT2D eigenvalue weighted by Gasteiger charge is 2.45. The van der Waals surface area contributed by atoms with Gasteiger partial charge in [-0.2, -0.15) is 0 Å². The third-order valence-electron chi connectivity index (χ3n) is 4.35. The third kappa shape index (κ3) is 2.45. The summed E-state index contributed by atoms with van der Waals surface area (Å²) in [6.45, 7) is 0.811. The molecular weight excluding hydrogens is 250 g/mol. The van der Waals surface area contributed by atoms with Crippen molar-refractivity contribution in [1.29, 1.82) is 0 Å². The maximum Gasteiger partial charge on any atom is 0.333 e. The highest BCUT2D eigenvalue weighted by Crippen LogP contribution is 2.42. The lowest BCUT2D eigenvalue weighted by Gasteiger charge is -2.38. The summed E-state index contributed by atoms with van der Waals surface area (Å²) >= 11 is 0. The second kappa shape index (κ2) is 5.31. The minimum atomic E-state index is -0.348. The van der Waals surface area contributed by atoms with Crippen LogP contribution < -0.4 is 0 Å². The van der Waals surface area contributed by atoms with Crippen LogP contribution in [0.2, 0.25) is 0 Å². The van der Waals surface area contributed by atoms with Crippen molar-refractivity contribution in [3.63, 3.8) is 0 Å². The van der Waals surface area contributed by atoms with Gasteiger partial charge in [-0.3, -0.25) is 0 Å². The first-order chi connectivity index (χ1) is 9.70. The Kier molecular flexibility index (Phi) is 3.51. The topological polar surface area (TPSA) is 29.5 Å². The minimum Gasteiger partial charge on any atom is -0.449 e. The molecule has 0 atom stereocenters. The minimum absolute atomic E-state index is 0.179. The van der Waals surface area contributed by atoms with Crippen LogP contribution in [0.15, 0.2) is 42.1 Å². The molecule has 1 aromatic rings. The molecule has 3 rings (SSSR count). The van der Waals surface area contributed by atoms with Gasteiger partial charge in [0, 0.05) is 19.7 Å². The van der Waals surface area contributed by atoms with E-state index in [1.807, 2.05) is 18.2 Å². The van der Waals surface area contributed by atoms with Crippen LogP contribution in [0.4, 0.5) is 0 Å². The number of ether oxygens (including phenoxy) is 1. The molecule has 1 aliphatic carbocycles. The number of benzene rings is 1.